The Morgan fingerprint density at radius 1 is 1.36 bits per heavy atom. The number of benzene rings is 1. The summed E-state index contributed by atoms with van der Waals surface area (Å²) in [5.41, 5.74) is 0.536. The zero-order valence-corrected chi connectivity index (χ0v) is 14.6. The first-order chi connectivity index (χ1) is 12.2. The third kappa shape index (κ3) is 4.05. The van der Waals surface area contributed by atoms with E-state index >= 15 is 0 Å². The van der Waals surface area contributed by atoms with E-state index in [1.165, 1.54) is 11.3 Å². The number of aromatic nitrogens is 1. The van der Waals surface area contributed by atoms with Crippen LogP contribution in [0.1, 0.15) is 15.2 Å². The third-order valence-corrected chi connectivity index (χ3v) is 4.80. The van der Waals surface area contributed by atoms with Crippen molar-refractivity contribution in [1.82, 2.24) is 4.98 Å². The molecule has 1 aromatic carbocycles. The van der Waals surface area contributed by atoms with Crippen LogP contribution in [0.5, 0.6) is 5.75 Å². The van der Waals surface area contributed by atoms with E-state index < -0.39 is 0 Å². The summed E-state index contributed by atoms with van der Waals surface area (Å²) in [6.07, 6.45) is 3.28. The van der Waals surface area contributed by atoms with Gasteiger partial charge in [-0.15, -0.1) is 0 Å². The van der Waals surface area contributed by atoms with Gasteiger partial charge in [-0.2, -0.15) is 5.26 Å². The van der Waals surface area contributed by atoms with Crippen LogP contribution in [-0.2, 0) is 4.74 Å². The van der Waals surface area contributed by atoms with Crippen molar-refractivity contribution in [1.29, 1.82) is 5.26 Å². The number of anilines is 1. The van der Waals surface area contributed by atoms with Gasteiger partial charge in [-0.3, -0.25) is 4.79 Å². The average Bonchev–Trinajstić information content (AvgIpc) is 3.15. The number of carbonyl (C=O) groups excluding carboxylic acids is 1. The largest absolute Gasteiger partial charge is 0.497 e. The summed E-state index contributed by atoms with van der Waals surface area (Å²) in [7, 11) is 1.56. The Bertz CT molecular complexity index is 815. The van der Waals surface area contributed by atoms with Crippen LogP contribution in [0.4, 0.5) is 5.13 Å². The van der Waals surface area contributed by atoms with Crippen LogP contribution < -0.4 is 9.64 Å². The molecule has 128 valence electrons. The first-order valence-corrected chi connectivity index (χ1v) is 8.62. The highest BCUT2D eigenvalue weighted by atomic mass is 32.1. The molecule has 0 N–H and O–H groups in total. The zero-order valence-electron chi connectivity index (χ0n) is 13.8. The van der Waals surface area contributed by atoms with Crippen LogP contribution in [0.15, 0.2) is 36.0 Å². The predicted molar refractivity (Wildman–Crippen MR) is 96.1 cm³/mol. The number of allylic oxidation sites excluding steroid dienone is 1. The number of nitrogens with zero attached hydrogens (tertiary/aromatic N) is 3. The average molecular weight is 355 g/mol. The zero-order chi connectivity index (χ0) is 17.6. The number of ether oxygens (including phenoxy) is 2. The lowest BCUT2D eigenvalue weighted by molar-refractivity contribution is 0.104. The van der Waals surface area contributed by atoms with Gasteiger partial charge >= 0.3 is 0 Å². The first-order valence-electron chi connectivity index (χ1n) is 7.80. The van der Waals surface area contributed by atoms with Gasteiger partial charge in [-0.1, -0.05) is 11.3 Å². The van der Waals surface area contributed by atoms with E-state index in [-0.39, 0.29) is 11.4 Å². The second-order valence-corrected chi connectivity index (χ2v) is 6.41. The molecule has 0 radical (unpaired) electrons. The molecule has 0 aliphatic carbocycles. The topological polar surface area (TPSA) is 75.5 Å². The Morgan fingerprint density at radius 3 is 2.72 bits per heavy atom. The van der Waals surface area contributed by atoms with Gasteiger partial charge in [0.1, 0.15) is 17.4 Å². The van der Waals surface area contributed by atoms with E-state index in [0.717, 1.165) is 23.1 Å². The van der Waals surface area contributed by atoms with Crippen molar-refractivity contribution in [3.63, 3.8) is 0 Å². The molecule has 7 heteroatoms. The fourth-order valence-electron chi connectivity index (χ4n) is 2.43. The molecular weight excluding hydrogens is 338 g/mol. The van der Waals surface area contributed by atoms with E-state index in [4.69, 9.17) is 9.47 Å². The van der Waals surface area contributed by atoms with Crippen LogP contribution in [0.2, 0.25) is 0 Å². The quantitative estimate of drug-likeness (QED) is 0.466. The standard InChI is InChI=1S/C18H17N3O3S/c1-23-15-4-2-13(3-5-15)17(22)14(11-19)10-16-12-20-18(25-16)21-6-8-24-9-7-21/h2-5,10,12H,6-9H2,1H3/b14-10-. The number of morpholine rings is 1. The molecule has 0 atom stereocenters. The Kier molecular flexibility index (Phi) is 5.43. The number of ketones is 1. The van der Waals surface area contributed by atoms with E-state index in [1.807, 2.05) is 6.07 Å². The fraction of sp³-hybridized carbons (Fsp3) is 0.278. The molecule has 25 heavy (non-hydrogen) atoms. The van der Waals surface area contributed by atoms with Gasteiger partial charge < -0.3 is 14.4 Å². The summed E-state index contributed by atoms with van der Waals surface area (Å²) in [6.45, 7) is 2.97. The molecule has 6 nitrogen and oxygen atoms in total. The van der Waals surface area contributed by atoms with Crippen molar-refractivity contribution >= 4 is 28.3 Å². The summed E-state index contributed by atoms with van der Waals surface area (Å²) in [6, 6.07) is 8.69. The smallest absolute Gasteiger partial charge is 0.203 e. The van der Waals surface area contributed by atoms with Crippen molar-refractivity contribution in [2.24, 2.45) is 0 Å². The Morgan fingerprint density at radius 2 is 2.08 bits per heavy atom. The summed E-state index contributed by atoms with van der Waals surface area (Å²) < 4.78 is 10.4. The molecule has 1 saturated heterocycles. The number of hydrogen-bond acceptors (Lipinski definition) is 7. The van der Waals surface area contributed by atoms with Crippen molar-refractivity contribution in [2.45, 2.75) is 0 Å². The summed E-state index contributed by atoms with van der Waals surface area (Å²) >= 11 is 1.46. The molecule has 0 spiro atoms. The molecule has 3 rings (SSSR count). The molecule has 1 aromatic heterocycles. The Labute approximate surface area is 149 Å². The number of methoxy groups -OCH3 is 1. The molecule has 0 unspecified atom stereocenters. The van der Waals surface area contributed by atoms with Gasteiger partial charge in [0.05, 0.1) is 25.2 Å². The number of carbonyl (C=O) groups is 1. The van der Waals surface area contributed by atoms with Crippen molar-refractivity contribution < 1.29 is 14.3 Å². The molecule has 0 amide bonds. The van der Waals surface area contributed by atoms with Gasteiger partial charge in [0.25, 0.3) is 0 Å². The third-order valence-electron chi connectivity index (χ3n) is 3.80. The normalized spacial score (nSPS) is 14.9. The number of hydrogen-bond donors (Lipinski definition) is 0. The van der Waals surface area contributed by atoms with E-state index in [1.54, 1.807) is 43.6 Å². The van der Waals surface area contributed by atoms with E-state index in [2.05, 4.69) is 9.88 Å². The lowest BCUT2D eigenvalue weighted by Gasteiger charge is -2.25. The minimum Gasteiger partial charge on any atom is -0.497 e. The van der Waals surface area contributed by atoms with Crippen LogP contribution in [0.3, 0.4) is 0 Å². The lowest BCUT2D eigenvalue weighted by atomic mass is 10.0. The summed E-state index contributed by atoms with van der Waals surface area (Å²) in [4.78, 5) is 19.8. The highest BCUT2D eigenvalue weighted by molar-refractivity contribution is 7.16. The summed E-state index contributed by atoms with van der Waals surface area (Å²) in [5.74, 6) is 0.350. The van der Waals surface area contributed by atoms with Crippen LogP contribution >= 0.6 is 11.3 Å². The maximum atomic E-state index is 12.5. The second kappa shape index (κ2) is 7.92. The van der Waals surface area contributed by atoms with Crippen LogP contribution in [-0.4, -0.2) is 44.2 Å². The number of rotatable bonds is 5. The molecule has 0 bridgehead atoms. The highest BCUT2D eigenvalue weighted by Crippen LogP contribution is 2.26. The SMILES string of the molecule is COc1ccc(C(=O)/C(C#N)=C\c2cnc(N3CCOCC3)s2)cc1. The predicted octanol–water partition coefficient (Wildman–Crippen LogP) is 2.78. The van der Waals surface area contributed by atoms with Gasteiger partial charge in [-0.25, -0.2) is 4.98 Å². The van der Waals surface area contributed by atoms with E-state index in [0.29, 0.717) is 24.5 Å². The highest BCUT2D eigenvalue weighted by Gasteiger charge is 2.16. The Balaban J connectivity index is 1.78. The van der Waals surface area contributed by atoms with Gasteiger partial charge in [-0.05, 0) is 30.3 Å². The molecule has 1 aliphatic heterocycles. The molecular formula is C18H17N3O3S. The van der Waals surface area contributed by atoms with Gasteiger partial charge in [0, 0.05) is 24.8 Å². The van der Waals surface area contributed by atoms with Crippen molar-refractivity contribution in [3.8, 4) is 11.8 Å². The molecule has 1 fully saturated rings. The molecule has 2 aromatic rings. The van der Waals surface area contributed by atoms with Gasteiger partial charge in [0.2, 0.25) is 5.78 Å². The lowest BCUT2D eigenvalue weighted by Crippen LogP contribution is -2.36. The van der Waals surface area contributed by atoms with Crippen LogP contribution in [0, 0.1) is 11.3 Å². The summed E-state index contributed by atoms with van der Waals surface area (Å²) in [5, 5.41) is 10.2. The number of Topliss-reactive ketones (excluding diaryl/α,β-unsaturated/α-hetero) is 1. The van der Waals surface area contributed by atoms with E-state index in [9.17, 15) is 10.1 Å². The second-order valence-electron chi connectivity index (χ2n) is 5.37. The molecule has 0 saturated carbocycles. The minimum absolute atomic E-state index is 0.0855. The Hall–Kier alpha value is -2.69. The number of nitriles is 1. The van der Waals surface area contributed by atoms with Crippen molar-refractivity contribution in [3.05, 3.63) is 46.5 Å². The van der Waals surface area contributed by atoms with Crippen LogP contribution in [0.25, 0.3) is 6.08 Å². The monoisotopic (exact) mass is 355 g/mol. The number of thiazole rings is 1. The molecule has 1 aliphatic rings. The molecule has 2 heterocycles. The maximum Gasteiger partial charge on any atom is 0.203 e. The first kappa shape index (κ1) is 17.1. The fourth-order valence-corrected chi connectivity index (χ4v) is 3.34. The van der Waals surface area contributed by atoms with Gasteiger partial charge in [0.15, 0.2) is 5.13 Å². The minimum atomic E-state index is -0.313. The maximum absolute atomic E-state index is 12.5. The van der Waals surface area contributed by atoms with Crippen molar-refractivity contribution in [2.75, 3.05) is 38.3 Å².